The lowest BCUT2D eigenvalue weighted by Gasteiger charge is -2.20. The van der Waals surface area contributed by atoms with Crippen LogP contribution in [0.3, 0.4) is 0 Å². The Morgan fingerprint density at radius 2 is 1.64 bits per heavy atom. The normalized spacial score (nSPS) is 13.2. The van der Waals surface area contributed by atoms with Gasteiger partial charge in [0.25, 0.3) is 0 Å². The van der Waals surface area contributed by atoms with Gasteiger partial charge in [-0.25, -0.2) is 19.6 Å². The van der Waals surface area contributed by atoms with Crippen molar-refractivity contribution in [2.45, 2.75) is 46.2 Å². The molecule has 1 N–H and O–H groups in total. The number of nitrogens with zero attached hydrogens (tertiary/aromatic N) is 5. The molecule has 6 rings (SSSR count). The Labute approximate surface area is 256 Å². The molecule has 224 valence electrons. The van der Waals surface area contributed by atoms with Gasteiger partial charge in [0.2, 0.25) is 0 Å². The Hall–Kier alpha value is -5.18. The van der Waals surface area contributed by atoms with Crippen molar-refractivity contribution in [3.8, 4) is 16.9 Å². The van der Waals surface area contributed by atoms with Crippen LogP contribution in [0.1, 0.15) is 42.4 Å². The fourth-order valence-corrected chi connectivity index (χ4v) is 5.76. The number of urea groups is 1. The van der Waals surface area contributed by atoms with E-state index in [1.165, 1.54) is 0 Å². The van der Waals surface area contributed by atoms with Crippen LogP contribution in [-0.2, 0) is 19.5 Å². The third kappa shape index (κ3) is 5.99. The molecule has 0 aliphatic carbocycles. The SMILES string of the molecule is CCCCc1nc2cc(N3CCN(Cc4ccccc4)C3=O)c(C)nc2n1Cc1ccc(-c2ccccc2OC(=O)O)cc1. The van der Waals surface area contributed by atoms with E-state index in [1.54, 1.807) is 12.1 Å². The van der Waals surface area contributed by atoms with E-state index in [0.29, 0.717) is 37.5 Å². The van der Waals surface area contributed by atoms with E-state index in [4.69, 9.17) is 19.8 Å². The molecule has 0 bridgehead atoms. The van der Waals surface area contributed by atoms with Crippen LogP contribution in [0.5, 0.6) is 5.75 Å². The number of hydrogen-bond donors (Lipinski definition) is 1. The van der Waals surface area contributed by atoms with Crippen LogP contribution in [0.25, 0.3) is 22.3 Å². The highest BCUT2D eigenvalue weighted by Gasteiger charge is 2.31. The number of para-hydroxylation sites is 1. The number of unbranched alkanes of at least 4 members (excludes halogenated alkanes) is 1. The topological polar surface area (TPSA) is 101 Å². The third-order valence-corrected chi connectivity index (χ3v) is 8.01. The zero-order chi connectivity index (χ0) is 30.6. The fraction of sp³-hybridized carbons (Fsp3) is 0.257. The number of hydrogen-bond acceptors (Lipinski definition) is 5. The average molecular weight is 590 g/mol. The third-order valence-electron chi connectivity index (χ3n) is 8.01. The predicted molar refractivity (Wildman–Crippen MR) is 170 cm³/mol. The van der Waals surface area contributed by atoms with Gasteiger partial charge < -0.3 is 19.3 Å². The monoisotopic (exact) mass is 589 g/mol. The van der Waals surface area contributed by atoms with Crippen LogP contribution in [-0.4, -0.2) is 49.8 Å². The summed E-state index contributed by atoms with van der Waals surface area (Å²) in [7, 11) is 0. The van der Waals surface area contributed by atoms with E-state index >= 15 is 0 Å². The van der Waals surface area contributed by atoms with E-state index in [0.717, 1.165) is 64.3 Å². The molecule has 0 unspecified atom stereocenters. The molecule has 44 heavy (non-hydrogen) atoms. The molecule has 2 amide bonds. The Kier molecular flexibility index (Phi) is 8.27. The summed E-state index contributed by atoms with van der Waals surface area (Å²) in [6.45, 7) is 6.55. The second kappa shape index (κ2) is 12.6. The molecular formula is C35H35N5O4. The average Bonchev–Trinajstić information content (AvgIpc) is 3.55. The maximum atomic E-state index is 13.4. The summed E-state index contributed by atoms with van der Waals surface area (Å²) in [5.74, 6) is 1.26. The Balaban J connectivity index is 1.28. The van der Waals surface area contributed by atoms with E-state index in [2.05, 4.69) is 11.5 Å². The molecule has 0 radical (unpaired) electrons. The van der Waals surface area contributed by atoms with Gasteiger partial charge in [0.05, 0.1) is 17.9 Å². The molecule has 3 heterocycles. The number of aromatic nitrogens is 3. The van der Waals surface area contributed by atoms with E-state index < -0.39 is 6.16 Å². The zero-order valence-corrected chi connectivity index (χ0v) is 24.9. The van der Waals surface area contributed by atoms with E-state index in [9.17, 15) is 9.59 Å². The summed E-state index contributed by atoms with van der Waals surface area (Å²) >= 11 is 0. The van der Waals surface area contributed by atoms with Gasteiger partial charge in [0, 0.05) is 31.6 Å². The number of carboxylic acid groups (broad SMARTS) is 1. The predicted octanol–water partition coefficient (Wildman–Crippen LogP) is 7.30. The highest BCUT2D eigenvalue weighted by atomic mass is 16.7. The number of fused-ring (bicyclic) bond motifs is 1. The molecule has 9 heteroatoms. The second-order valence-corrected chi connectivity index (χ2v) is 11.1. The number of imidazole rings is 1. The number of ether oxygens (including phenoxy) is 1. The molecule has 2 aromatic heterocycles. The van der Waals surface area contributed by atoms with Crippen LogP contribution in [0.15, 0.2) is 84.9 Å². The first-order valence-corrected chi connectivity index (χ1v) is 15.0. The highest BCUT2D eigenvalue weighted by molar-refractivity contribution is 5.96. The number of aryl methyl sites for hydroxylation is 2. The van der Waals surface area contributed by atoms with Gasteiger partial charge in [0.1, 0.15) is 17.1 Å². The molecule has 1 saturated heterocycles. The number of rotatable bonds is 10. The fourth-order valence-electron chi connectivity index (χ4n) is 5.76. The minimum atomic E-state index is -1.34. The molecule has 1 aliphatic heterocycles. The maximum absolute atomic E-state index is 13.4. The maximum Gasteiger partial charge on any atom is 0.511 e. The van der Waals surface area contributed by atoms with Gasteiger partial charge in [-0.15, -0.1) is 0 Å². The van der Waals surface area contributed by atoms with Gasteiger partial charge >= 0.3 is 12.2 Å². The van der Waals surface area contributed by atoms with Gasteiger partial charge in [-0.1, -0.05) is 86.1 Å². The molecule has 3 aromatic carbocycles. The Morgan fingerprint density at radius 1 is 0.909 bits per heavy atom. The van der Waals surface area contributed by atoms with Crippen molar-refractivity contribution in [1.29, 1.82) is 0 Å². The number of amides is 2. The lowest BCUT2D eigenvalue weighted by molar-refractivity contribution is 0.144. The van der Waals surface area contributed by atoms with Crippen LogP contribution < -0.4 is 9.64 Å². The summed E-state index contributed by atoms with van der Waals surface area (Å²) in [6.07, 6.45) is 1.54. The largest absolute Gasteiger partial charge is 0.511 e. The summed E-state index contributed by atoms with van der Waals surface area (Å²) in [5.41, 5.74) is 6.92. The molecular weight excluding hydrogens is 554 g/mol. The minimum Gasteiger partial charge on any atom is -0.449 e. The summed E-state index contributed by atoms with van der Waals surface area (Å²) in [5, 5.41) is 9.12. The van der Waals surface area contributed by atoms with Gasteiger partial charge in [0.15, 0.2) is 5.65 Å². The lowest BCUT2D eigenvalue weighted by Crippen LogP contribution is -2.32. The molecule has 0 atom stereocenters. The van der Waals surface area contributed by atoms with Crippen LogP contribution >= 0.6 is 0 Å². The van der Waals surface area contributed by atoms with Crippen molar-refractivity contribution in [3.63, 3.8) is 0 Å². The van der Waals surface area contributed by atoms with Crippen LogP contribution in [0.4, 0.5) is 15.3 Å². The number of pyridine rings is 1. The quantitative estimate of drug-likeness (QED) is 0.136. The first-order valence-electron chi connectivity index (χ1n) is 15.0. The molecule has 1 fully saturated rings. The molecule has 0 saturated carbocycles. The second-order valence-electron chi connectivity index (χ2n) is 11.1. The summed E-state index contributed by atoms with van der Waals surface area (Å²) < 4.78 is 7.15. The van der Waals surface area contributed by atoms with Crippen molar-refractivity contribution in [2.24, 2.45) is 0 Å². The minimum absolute atomic E-state index is 0.0147. The van der Waals surface area contributed by atoms with Crippen LogP contribution in [0, 0.1) is 6.92 Å². The standard InChI is InChI=1S/C35H35N5O4/c1-3-4-14-32-37-29-21-30(39-20-19-38(34(39)41)22-25-10-6-5-7-11-25)24(2)36-33(29)40(32)23-26-15-17-27(18-16-26)28-12-8-9-13-31(28)44-35(42)43/h5-13,15-18,21H,3-4,14,19-20,22-23H2,1-2H3,(H,42,43). The van der Waals surface area contributed by atoms with E-state index in [1.807, 2.05) is 89.5 Å². The van der Waals surface area contributed by atoms with Crippen molar-refractivity contribution < 1.29 is 19.4 Å². The zero-order valence-electron chi connectivity index (χ0n) is 24.9. The first kappa shape index (κ1) is 28.9. The number of benzene rings is 3. The van der Waals surface area contributed by atoms with Crippen molar-refractivity contribution >= 4 is 29.0 Å². The van der Waals surface area contributed by atoms with Crippen molar-refractivity contribution in [1.82, 2.24) is 19.4 Å². The Bertz CT molecular complexity index is 1800. The van der Waals surface area contributed by atoms with Gasteiger partial charge in [-0.2, -0.15) is 0 Å². The van der Waals surface area contributed by atoms with E-state index in [-0.39, 0.29) is 6.03 Å². The smallest absolute Gasteiger partial charge is 0.449 e. The van der Waals surface area contributed by atoms with Crippen LogP contribution in [0.2, 0.25) is 0 Å². The number of anilines is 1. The van der Waals surface area contributed by atoms with Crippen molar-refractivity contribution in [2.75, 3.05) is 18.0 Å². The summed E-state index contributed by atoms with van der Waals surface area (Å²) in [6, 6.07) is 27.2. The molecule has 0 spiro atoms. The number of carbonyl (C=O) groups excluding carboxylic acids is 1. The summed E-state index contributed by atoms with van der Waals surface area (Å²) in [4.78, 5) is 38.3. The van der Waals surface area contributed by atoms with Gasteiger partial charge in [-0.3, -0.25) is 4.90 Å². The lowest BCUT2D eigenvalue weighted by atomic mass is 10.0. The molecule has 1 aliphatic rings. The van der Waals surface area contributed by atoms with Gasteiger partial charge in [-0.05, 0) is 42.2 Å². The molecule has 9 nitrogen and oxygen atoms in total. The van der Waals surface area contributed by atoms with Crippen molar-refractivity contribution in [3.05, 3.63) is 108 Å². The Morgan fingerprint density at radius 3 is 2.39 bits per heavy atom. The first-order chi connectivity index (χ1) is 21.4. The molecule has 5 aromatic rings. The number of carbonyl (C=O) groups is 2. The highest BCUT2D eigenvalue weighted by Crippen LogP contribution is 2.32.